The number of carbonyl (C=O) groups excluding carboxylic acids is 1. The van der Waals surface area contributed by atoms with Crippen LogP contribution in [-0.2, 0) is 9.53 Å². The van der Waals surface area contributed by atoms with Gasteiger partial charge in [-0.25, -0.2) is 0 Å². The lowest BCUT2D eigenvalue weighted by Gasteiger charge is -2.40. The molecule has 0 aromatic rings. The molecule has 1 aliphatic rings. The van der Waals surface area contributed by atoms with Crippen molar-refractivity contribution >= 4 is 5.97 Å². The quantitative estimate of drug-likeness (QED) is 0.685. The highest BCUT2D eigenvalue weighted by atomic mass is 16.5. The van der Waals surface area contributed by atoms with Gasteiger partial charge >= 0.3 is 5.97 Å². The largest absolute Gasteiger partial charge is 0.468 e. The van der Waals surface area contributed by atoms with Gasteiger partial charge in [0, 0.05) is 32.2 Å². The summed E-state index contributed by atoms with van der Waals surface area (Å²) in [6.07, 6.45) is 1.02. The molecule has 1 aliphatic heterocycles. The molecule has 0 aromatic heterocycles. The summed E-state index contributed by atoms with van der Waals surface area (Å²) >= 11 is 0. The Kier molecular flexibility index (Phi) is 7.34. The molecule has 0 saturated carbocycles. The summed E-state index contributed by atoms with van der Waals surface area (Å²) < 4.78 is 4.88. The van der Waals surface area contributed by atoms with Gasteiger partial charge in [0.1, 0.15) is 6.04 Å². The molecule has 1 rings (SSSR count). The van der Waals surface area contributed by atoms with Gasteiger partial charge in [0.2, 0.25) is 0 Å². The SMILES string of the molecule is CCCNC(CN1CCN(CC)C(C)C1)C(=O)OC. The molecule has 0 amide bonds. The second-order valence-corrected chi connectivity index (χ2v) is 5.27. The first kappa shape index (κ1) is 16.4. The third kappa shape index (κ3) is 5.09. The van der Waals surface area contributed by atoms with Crippen LogP contribution in [0.4, 0.5) is 0 Å². The maximum Gasteiger partial charge on any atom is 0.324 e. The summed E-state index contributed by atoms with van der Waals surface area (Å²) in [5, 5.41) is 3.28. The van der Waals surface area contributed by atoms with Crippen LogP contribution in [-0.4, -0.2) is 74.2 Å². The molecular formula is C14H29N3O2. The summed E-state index contributed by atoms with van der Waals surface area (Å²) in [5.41, 5.74) is 0. The zero-order chi connectivity index (χ0) is 14.3. The first-order valence-electron chi connectivity index (χ1n) is 7.39. The highest BCUT2D eigenvalue weighted by Gasteiger charge is 2.27. The van der Waals surface area contributed by atoms with E-state index in [4.69, 9.17) is 4.74 Å². The standard InChI is InChI=1S/C14H29N3O2/c1-5-7-15-13(14(18)19-4)11-16-8-9-17(6-2)12(3)10-16/h12-13,15H,5-11H2,1-4H3. The molecule has 1 fully saturated rings. The minimum absolute atomic E-state index is 0.154. The van der Waals surface area contributed by atoms with Crippen LogP contribution >= 0.6 is 0 Å². The van der Waals surface area contributed by atoms with E-state index in [0.717, 1.165) is 45.7 Å². The fourth-order valence-corrected chi connectivity index (χ4v) is 2.65. The highest BCUT2D eigenvalue weighted by molar-refractivity contribution is 5.75. The van der Waals surface area contributed by atoms with Gasteiger partial charge in [-0.05, 0) is 26.4 Å². The summed E-state index contributed by atoms with van der Waals surface area (Å²) in [4.78, 5) is 16.6. The first-order valence-corrected chi connectivity index (χ1v) is 7.39. The van der Waals surface area contributed by atoms with E-state index in [1.165, 1.54) is 7.11 Å². The molecule has 0 spiro atoms. The molecule has 19 heavy (non-hydrogen) atoms. The van der Waals surface area contributed by atoms with Crippen LogP contribution in [0, 0.1) is 0 Å². The number of rotatable bonds is 7. The van der Waals surface area contributed by atoms with Crippen molar-refractivity contribution in [3.63, 3.8) is 0 Å². The number of nitrogens with one attached hydrogen (secondary N) is 1. The van der Waals surface area contributed by atoms with Crippen molar-refractivity contribution in [3.05, 3.63) is 0 Å². The molecule has 0 aliphatic carbocycles. The summed E-state index contributed by atoms with van der Waals surface area (Å²) in [7, 11) is 1.46. The molecule has 1 N–H and O–H groups in total. The Bertz CT molecular complexity index is 273. The summed E-state index contributed by atoms with van der Waals surface area (Å²) in [6.45, 7) is 12.4. The van der Waals surface area contributed by atoms with Crippen molar-refractivity contribution in [2.75, 3.05) is 46.4 Å². The van der Waals surface area contributed by atoms with Crippen molar-refractivity contribution in [3.8, 4) is 0 Å². The van der Waals surface area contributed by atoms with Gasteiger partial charge in [-0.3, -0.25) is 14.6 Å². The molecule has 112 valence electrons. The van der Waals surface area contributed by atoms with Crippen molar-refractivity contribution in [2.45, 2.75) is 39.3 Å². The van der Waals surface area contributed by atoms with Gasteiger partial charge in [0.15, 0.2) is 0 Å². The minimum atomic E-state index is -0.203. The van der Waals surface area contributed by atoms with Crippen LogP contribution in [0.2, 0.25) is 0 Å². The Morgan fingerprint density at radius 2 is 2.16 bits per heavy atom. The Hall–Kier alpha value is -0.650. The van der Waals surface area contributed by atoms with Crippen LogP contribution in [0.25, 0.3) is 0 Å². The van der Waals surface area contributed by atoms with Crippen molar-refractivity contribution < 1.29 is 9.53 Å². The number of hydrogen-bond donors (Lipinski definition) is 1. The van der Waals surface area contributed by atoms with Crippen LogP contribution in [0.3, 0.4) is 0 Å². The van der Waals surface area contributed by atoms with E-state index in [9.17, 15) is 4.79 Å². The second kappa shape index (κ2) is 8.51. The van der Waals surface area contributed by atoms with Gasteiger partial charge in [-0.2, -0.15) is 0 Å². The normalized spacial score (nSPS) is 23.3. The number of ether oxygens (including phenoxy) is 1. The number of hydrogen-bond acceptors (Lipinski definition) is 5. The van der Waals surface area contributed by atoms with E-state index in [1.54, 1.807) is 0 Å². The van der Waals surface area contributed by atoms with Crippen molar-refractivity contribution in [1.29, 1.82) is 0 Å². The molecule has 5 nitrogen and oxygen atoms in total. The lowest BCUT2D eigenvalue weighted by Crippen LogP contribution is -2.56. The number of esters is 1. The van der Waals surface area contributed by atoms with E-state index in [-0.39, 0.29) is 12.0 Å². The third-order valence-corrected chi connectivity index (χ3v) is 3.82. The summed E-state index contributed by atoms with van der Waals surface area (Å²) in [5.74, 6) is -0.154. The molecule has 5 heteroatoms. The molecule has 1 heterocycles. The number of methoxy groups -OCH3 is 1. The lowest BCUT2D eigenvalue weighted by molar-refractivity contribution is -0.143. The number of likely N-dealkylation sites (N-methyl/N-ethyl adjacent to an activating group) is 1. The Labute approximate surface area is 117 Å². The number of carbonyl (C=O) groups is 1. The Balaban J connectivity index is 2.47. The number of piperazine rings is 1. The van der Waals surface area contributed by atoms with E-state index >= 15 is 0 Å². The van der Waals surface area contributed by atoms with Crippen molar-refractivity contribution in [2.24, 2.45) is 0 Å². The molecule has 2 atom stereocenters. The third-order valence-electron chi connectivity index (χ3n) is 3.82. The van der Waals surface area contributed by atoms with Crippen LogP contribution in [0.15, 0.2) is 0 Å². The van der Waals surface area contributed by atoms with Gasteiger partial charge in [-0.15, -0.1) is 0 Å². The molecule has 2 unspecified atom stereocenters. The maximum atomic E-state index is 11.8. The topological polar surface area (TPSA) is 44.8 Å². The van der Waals surface area contributed by atoms with E-state index in [1.807, 2.05) is 0 Å². The van der Waals surface area contributed by atoms with Gasteiger partial charge < -0.3 is 10.1 Å². The average molecular weight is 271 g/mol. The Morgan fingerprint density at radius 3 is 2.68 bits per heavy atom. The second-order valence-electron chi connectivity index (χ2n) is 5.27. The van der Waals surface area contributed by atoms with Crippen LogP contribution in [0.1, 0.15) is 27.2 Å². The lowest BCUT2D eigenvalue weighted by atomic mass is 10.1. The molecule has 0 aromatic carbocycles. The predicted molar refractivity (Wildman–Crippen MR) is 77.2 cm³/mol. The average Bonchev–Trinajstić information content (AvgIpc) is 2.42. The van der Waals surface area contributed by atoms with E-state index < -0.39 is 0 Å². The molecule has 0 radical (unpaired) electrons. The molecule has 0 bridgehead atoms. The van der Waals surface area contributed by atoms with E-state index in [0.29, 0.717) is 6.04 Å². The molecule has 1 saturated heterocycles. The summed E-state index contributed by atoms with van der Waals surface area (Å²) in [6, 6.07) is 0.355. The first-order chi connectivity index (χ1) is 9.12. The van der Waals surface area contributed by atoms with Gasteiger partial charge in [0.05, 0.1) is 7.11 Å². The molecular weight excluding hydrogens is 242 g/mol. The Morgan fingerprint density at radius 1 is 1.42 bits per heavy atom. The fourth-order valence-electron chi connectivity index (χ4n) is 2.65. The van der Waals surface area contributed by atoms with Gasteiger partial charge in [0.25, 0.3) is 0 Å². The predicted octanol–water partition coefficient (Wildman–Crippen LogP) is 0.554. The smallest absolute Gasteiger partial charge is 0.324 e. The minimum Gasteiger partial charge on any atom is -0.468 e. The van der Waals surface area contributed by atoms with Crippen LogP contribution < -0.4 is 5.32 Å². The zero-order valence-corrected chi connectivity index (χ0v) is 12.8. The zero-order valence-electron chi connectivity index (χ0n) is 12.8. The maximum absolute atomic E-state index is 11.8. The monoisotopic (exact) mass is 271 g/mol. The van der Waals surface area contributed by atoms with Crippen molar-refractivity contribution in [1.82, 2.24) is 15.1 Å². The van der Waals surface area contributed by atoms with Gasteiger partial charge in [-0.1, -0.05) is 13.8 Å². The number of nitrogens with zero attached hydrogens (tertiary/aromatic N) is 2. The fraction of sp³-hybridized carbons (Fsp3) is 0.929. The van der Waals surface area contributed by atoms with E-state index in [2.05, 4.69) is 35.9 Å². The highest BCUT2D eigenvalue weighted by Crippen LogP contribution is 2.09. The van der Waals surface area contributed by atoms with Crippen LogP contribution in [0.5, 0.6) is 0 Å².